The monoisotopic (exact) mass is 280 g/mol. The molecule has 114 valence electrons. The first kappa shape index (κ1) is 16.9. The molecule has 4 heteroatoms. The molecule has 1 aromatic heterocycles. The van der Waals surface area contributed by atoms with Crippen molar-refractivity contribution in [3.63, 3.8) is 0 Å². The molecule has 0 aromatic carbocycles. The summed E-state index contributed by atoms with van der Waals surface area (Å²) in [5, 5.41) is 3.49. The molecule has 0 unspecified atom stereocenters. The number of aryl methyl sites for hydroxylation is 1. The van der Waals surface area contributed by atoms with Crippen molar-refractivity contribution in [2.75, 3.05) is 20.3 Å². The molecule has 0 saturated heterocycles. The molecule has 1 N–H and O–H groups in total. The number of ether oxygens (including phenoxy) is 2. The Morgan fingerprint density at radius 3 is 2.55 bits per heavy atom. The van der Waals surface area contributed by atoms with E-state index >= 15 is 0 Å². The maximum absolute atomic E-state index is 5.64. The first-order chi connectivity index (χ1) is 9.44. The molecule has 0 fully saturated rings. The number of aromatic nitrogens is 1. The van der Waals surface area contributed by atoms with Crippen LogP contribution in [0.4, 0.5) is 0 Å². The maximum Gasteiger partial charge on any atom is 0.213 e. The summed E-state index contributed by atoms with van der Waals surface area (Å²) >= 11 is 0. The van der Waals surface area contributed by atoms with E-state index in [4.69, 9.17) is 9.47 Å². The summed E-state index contributed by atoms with van der Waals surface area (Å²) in [6.45, 7) is 10.6. The van der Waals surface area contributed by atoms with Gasteiger partial charge in [0.1, 0.15) is 6.61 Å². The number of nitrogens with zero attached hydrogens (tertiary/aromatic N) is 1. The highest BCUT2D eigenvalue weighted by molar-refractivity contribution is 5.25. The number of hydrogen-bond donors (Lipinski definition) is 1. The number of methoxy groups -OCH3 is 1. The van der Waals surface area contributed by atoms with Gasteiger partial charge in [-0.1, -0.05) is 13.3 Å². The lowest BCUT2D eigenvalue weighted by molar-refractivity contribution is 0.143. The fraction of sp³-hybridized carbons (Fsp3) is 0.688. The lowest BCUT2D eigenvalue weighted by Crippen LogP contribution is -2.35. The Balaban J connectivity index is 2.75. The van der Waals surface area contributed by atoms with Crippen molar-refractivity contribution >= 4 is 0 Å². The molecule has 0 aliphatic carbocycles. The average molecular weight is 280 g/mol. The zero-order valence-corrected chi connectivity index (χ0v) is 13.5. The summed E-state index contributed by atoms with van der Waals surface area (Å²) in [7, 11) is 1.67. The van der Waals surface area contributed by atoms with Crippen molar-refractivity contribution in [2.24, 2.45) is 0 Å². The van der Waals surface area contributed by atoms with Crippen LogP contribution in [0.1, 0.15) is 45.4 Å². The van der Waals surface area contributed by atoms with Gasteiger partial charge in [0.05, 0.1) is 6.61 Å². The topological polar surface area (TPSA) is 43.4 Å². The summed E-state index contributed by atoms with van der Waals surface area (Å²) in [5.74, 6) is 0.693. The Bertz CT molecular complexity index is 400. The van der Waals surface area contributed by atoms with E-state index in [1.54, 1.807) is 7.11 Å². The Labute approximate surface area is 122 Å². The van der Waals surface area contributed by atoms with E-state index < -0.39 is 0 Å². The van der Waals surface area contributed by atoms with Gasteiger partial charge in [-0.2, -0.15) is 0 Å². The third kappa shape index (κ3) is 6.87. The van der Waals surface area contributed by atoms with Gasteiger partial charge in [-0.05, 0) is 38.8 Å². The second-order valence-electron chi connectivity index (χ2n) is 6.00. The molecule has 0 aliphatic heterocycles. The third-order valence-corrected chi connectivity index (χ3v) is 2.78. The van der Waals surface area contributed by atoms with Gasteiger partial charge in [-0.3, -0.25) is 0 Å². The normalized spacial score (nSPS) is 11.7. The molecule has 0 spiro atoms. The molecule has 0 radical (unpaired) electrons. The second kappa shape index (κ2) is 8.22. The molecule has 0 aliphatic rings. The van der Waals surface area contributed by atoms with Gasteiger partial charge in [-0.25, -0.2) is 4.98 Å². The van der Waals surface area contributed by atoms with Crippen LogP contribution in [0.3, 0.4) is 0 Å². The summed E-state index contributed by atoms with van der Waals surface area (Å²) in [4.78, 5) is 4.53. The molecule has 4 nitrogen and oxygen atoms in total. The van der Waals surface area contributed by atoms with Gasteiger partial charge < -0.3 is 14.8 Å². The summed E-state index contributed by atoms with van der Waals surface area (Å²) < 4.78 is 10.6. The minimum absolute atomic E-state index is 0.102. The second-order valence-corrected chi connectivity index (χ2v) is 6.00. The van der Waals surface area contributed by atoms with Crippen molar-refractivity contribution in [1.82, 2.24) is 10.3 Å². The Hall–Kier alpha value is -1.13. The molecule has 0 amide bonds. The number of rotatable bonds is 8. The number of hydrogen-bond acceptors (Lipinski definition) is 4. The predicted octanol–water partition coefficient (Wildman–Crippen LogP) is 2.95. The van der Waals surface area contributed by atoms with Crippen molar-refractivity contribution in [1.29, 1.82) is 0 Å². The predicted molar refractivity (Wildman–Crippen MR) is 82.2 cm³/mol. The van der Waals surface area contributed by atoms with Crippen LogP contribution in [0.15, 0.2) is 12.1 Å². The number of pyridine rings is 1. The maximum atomic E-state index is 5.64. The Kier molecular flexibility index (Phi) is 6.96. The van der Waals surface area contributed by atoms with Gasteiger partial charge in [0.2, 0.25) is 5.88 Å². The lowest BCUT2D eigenvalue weighted by Gasteiger charge is -2.21. The zero-order valence-electron chi connectivity index (χ0n) is 13.5. The van der Waals surface area contributed by atoms with E-state index in [2.05, 4.69) is 44.1 Å². The molecular weight excluding hydrogens is 252 g/mol. The zero-order chi connectivity index (χ0) is 15.0. The van der Waals surface area contributed by atoms with E-state index in [0.717, 1.165) is 25.1 Å². The third-order valence-electron chi connectivity index (χ3n) is 2.78. The molecule has 0 atom stereocenters. The van der Waals surface area contributed by atoms with Crippen molar-refractivity contribution in [3.8, 4) is 5.88 Å². The molecule has 0 bridgehead atoms. The van der Waals surface area contributed by atoms with Gasteiger partial charge in [0.15, 0.2) is 0 Å². The minimum atomic E-state index is 0.102. The lowest BCUT2D eigenvalue weighted by atomic mass is 10.1. The van der Waals surface area contributed by atoms with E-state index in [9.17, 15) is 0 Å². The minimum Gasteiger partial charge on any atom is -0.475 e. The first-order valence-corrected chi connectivity index (χ1v) is 7.31. The fourth-order valence-electron chi connectivity index (χ4n) is 1.78. The highest BCUT2D eigenvalue weighted by Gasteiger charge is 2.10. The largest absolute Gasteiger partial charge is 0.475 e. The first-order valence-electron chi connectivity index (χ1n) is 7.31. The summed E-state index contributed by atoms with van der Waals surface area (Å²) in [5.41, 5.74) is 2.41. The van der Waals surface area contributed by atoms with Gasteiger partial charge in [-0.15, -0.1) is 0 Å². The Morgan fingerprint density at radius 2 is 1.95 bits per heavy atom. The molecular formula is C16H28N2O2. The Morgan fingerprint density at radius 1 is 1.20 bits per heavy atom. The molecule has 1 aromatic rings. The fourth-order valence-corrected chi connectivity index (χ4v) is 1.78. The van der Waals surface area contributed by atoms with Crippen LogP contribution in [0, 0.1) is 0 Å². The summed E-state index contributed by atoms with van der Waals surface area (Å²) in [6.07, 6.45) is 2.06. The highest BCUT2D eigenvalue weighted by atomic mass is 16.5. The van der Waals surface area contributed by atoms with Gasteiger partial charge in [0.25, 0.3) is 0 Å². The molecule has 20 heavy (non-hydrogen) atoms. The van der Waals surface area contributed by atoms with Gasteiger partial charge in [0, 0.05) is 31.0 Å². The summed E-state index contributed by atoms with van der Waals surface area (Å²) in [6, 6.07) is 4.17. The van der Waals surface area contributed by atoms with Crippen LogP contribution >= 0.6 is 0 Å². The van der Waals surface area contributed by atoms with E-state index in [-0.39, 0.29) is 5.54 Å². The van der Waals surface area contributed by atoms with Crippen molar-refractivity contribution < 1.29 is 9.47 Å². The van der Waals surface area contributed by atoms with Crippen LogP contribution in [-0.2, 0) is 17.7 Å². The van der Waals surface area contributed by atoms with Crippen LogP contribution < -0.4 is 10.1 Å². The van der Waals surface area contributed by atoms with Crippen LogP contribution in [-0.4, -0.2) is 30.8 Å². The van der Waals surface area contributed by atoms with Crippen LogP contribution in [0.25, 0.3) is 0 Å². The van der Waals surface area contributed by atoms with Crippen molar-refractivity contribution in [2.45, 2.75) is 52.6 Å². The van der Waals surface area contributed by atoms with Crippen LogP contribution in [0.5, 0.6) is 5.88 Å². The standard InChI is InChI=1S/C16H28N2O2/c1-6-7-14-10-13(12-17-16(2,3)4)11-15(18-14)20-9-8-19-5/h10-11,17H,6-9,12H2,1-5H3. The quantitative estimate of drug-likeness (QED) is 0.744. The van der Waals surface area contributed by atoms with Gasteiger partial charge >= 0.3 is 0 Å². The van der Waals surface area contributed by atoms with Crippen LogP contribution in [0.2, 0.25) is 0 Å². The van der Waals surface area contributed by atoms with E-state index in [1.807, 2.05) is 6.07 Å². The average Bonchev–Trinajstić information content (AvgIpc) is 2.36. The molecule has 1 rings (SSSR count). The van der Waals surface area contributed by atoms with E-state index in [1.165, 1.54) is 5.56 Å². The molecule has 0 saturated carbocycles. The highest BCUT2D eigenvalue weighted by Crippen LogP contribution is 2.15. The van der Waals surface area contributed by atoms with Crippen molar-refractivity contribution in [3.05, 3.63) is 23.4 Å². The number of nitrogens with one attached hydrogen (secondary N) is 1. The SMILES string of the molecule is CCCc1cc(CNC(C)(C)C)cc(OCCOC)n1. The molecule has 1 heterocycles. The van der Waals surface area contributed by atoms with E-state index in [0.29, 0.717) is 19.1 Å². The smallest absolute Gasteiger partial charge is 0.213 e.